The quantitative estimate of drug-likeness (QED) is 0.173. The maximum atomic E-state index is 4.06. The van der Waals surface area contributed by atoms with Crippen LogP contribution in [0.4, 0.5) is 28.4 Å². The summed E-state index contributed by atoms with van der Waals surface area (Å²) in [5.74, 6) is 0. The Balaban J connectivity index is 1.11. The second-order valence-electron chi connectivity index (χ2n) is 25.0. The lowest BCUT2D eigenvalue weighted by atomic mass is 9.60. The zero-order valence-electron chi connectivity index (χ0n) is 44.1. The first kappa shape index (κ1) is 45.5. The van der Waals surface area contributed by atoms with Gasteiger partial charge in [-0.2, -0.15) is 0 Å². The third-order valence-corrected chi connectivity index (χ3v) is 19.2. The van der Waals surface area contributed by atoms with Gasteiger partial charge in [-0.1, -0.05) is 166 Å². The molecule has 1 aromatic heterocycles. The largest absolute Gasteiger partial charge is 0.355 e. The van der Waals surface area contributed by atoms with E-state index in [0.717, 1.165) is 11.4 Å². The van der Waals surface area contributed by atoms with Crippen LogP contribution >= 0.6 is 11.3 Å². The Morgan fingerprint density at radius 2 is 1.07 bits per heavy atom. The number of benzene rings is 8. The number of nitrogens with zero attached hydrogens (tertiary/aromatic N) is 1. The fraction of sp³-hybridized carbons (Fsp3) is 0.294. The van der Waals surface area contributed by atoms with Gasteiger partial charge in [-0.25, -0.2) is 0 Å². The van der Waals surface area contributed by atoms with Crippen LogP contribution in [0.5, 0.6) is 0 Å². The molecule has 0 bridgehead atoms. The lowest BCUT2D eigenvalue weighted by Crippen LogP contribution is -2.40. The summed E-state index contributed by atoms with van der Waals surface area (Å²) in [6.45, 7) is 26.9. The topological polar surface area (TPSA) is 15.3 Å². The molecule has 13 rings (SSSR count). The van der Waals surface area contributed by atoms with Crippen molar-refractivity contribution in [3.63, 3.8) is 0 Å². The molecule has 9 aromatic rings. The van der Waals surface area contributed by atoms with Gasteiger partial charge in [-0.15, -0.1) is 11.3 Å². The van der Waals surface area contributed by atoms with Gasteiger partial charge in [0.05, 0.1) is 5.69 Å². The van der Waals surface area contributed by atoms with E-state index in [1.807, 2.05) is 11.3 Å². The molecule has 2 nitrogen and oxygen atoms in total. The number of aryl methyl sites for hydroxylation is 1. The van der Waals surface area contributed by atoms with Gasteiger partial charge in [0.25, 0.3) is 0 Å². The summed E-state index contributed by atoms with van der Waals surface area (Å²) < 4.78 is 2.70. The molecular weight excluding hydrogens is 888 g/mol. The minimum atomic E-state index is -0.162. The number of thiophene rings is 1. The Hall–Kier alpha value is -6.36. The van der Waals surface area contributed by atoms with Crippen molar-refractivity contribution in [1.82, 2.24) is 0 Å². The minimum absolute atomic E-state index is 0.0462. The fourth-order valence-corrected chi connectivity index (χ4v) is 14.6. The summed E-state index contributed by atoms with van der Waals surface area (Å²) in [4.78, 5) is 2.75. The van der Waals surface area contributed by atoms with Crippen LogP contribution in [0, 0.1) is 6.92 Å². The highest BCUT2D eigenvalue weighted by atomic mass is 32.1. The molecule has 2 heterocycles. The first-order valence-corrected chi connectivity index (χ1v) is 27.3. The predicted octanol–water partition coefficient (Wildman–Crippen LogP) is 17.9. The van der Waals surface area contributed by atoms with Crippen LogP contribution in [0.15, 0.2) is 146 Å². The molecule has 8 aromatic carbocycles. The molecule has 72 heavy (non-hydrogen) atoms. The standard InChI is InChI=1S/C68H66BN2S/c1-40-33-53-55(66(6,7)31-29-64(53,2)3)38-58(40)71-61-45-22-16-15-21-43(45)34-49(60(61)69-63-62(71)50-36-54-56(39-59(50)72-63)67(8,9)32-30-65(54,4)5)48-35-47-46-23-17-18-24-51(46)68(10,11)52(47)37-57(48)70-44-27-25-42(26-28-44)41-19-13-12-14-20-41/h12-28,33-39,70H,29-32H2,1-11H3. The Morgan fingerprint density at radius 3 is 1.78 bits per heavy atom. The number of hydrogen-bond acceptors (Lipinski definition) is 3. The number of fused-ring (bicyclic) bond motifs is 11. The van der Waals surface area contributed by atoms with E-state index in [1.165, 1.54) is 146 Å². The lowest BCUT2D eigenvalue weighted by Gasteiger charge is -2.44. The second kappa shape index (κ2) is 15.6. The Bertz CT molecular complexity index is 3730. The van der Waals surface area contributed by atoms with E-state index in [2.05, 4.69) is 239 Å². The number of nitrogens with one attached hydrogen (secondary N) is 1. The van der Waals surface area contributed by atoms with Gasteiger partial charge in [0.2, 0.25) is 7.28 Å². The van der Waals surface area contributed by atoms with Crippen LogP contribution < -0.4 is 20.5 Å². The number of anilines is 5. The van der Waals surface area contributed by atoms with Gasteiger partial charge in [-0.3, -0.25) is 0 Å². The number of hydrogen-bond donors (Lipinski definition) is 1. The molecule has 0 saturated carbocycles. The Morgan fingerprint density at radius 1 is 0.472 bits per heavy atom. The van der Waals surface area contributed by atoms with Crippen LogP contribution in [0.1, 0.15) is 134 Å². The molecule has 1 radical (unpaired) electrons. The SMILES string of the molecule is Cc1cc2c(cc1N1c3c(c(-c4cc5c(cc4Nc4ccc(-c6ccccc6)cc4)C(C)(C)c4ccccc4-5)cc4ccccc34)[B]c3sc4cc5c(cc4c31)C(C)(C)CCC5(C)C)C(C)(C)CCC2(C)C. The zero-order chi connectivity index (χ0) is 49.9. The fourth-order valence-electron chi connectivity index (χ4n) is 13.5. The molecule has 4 heteroatoms. The summed E-state index contributed by atoms with van der Waals surface area (Å²) in [5, 5.41) is 7.94. The van der Waals surface area contributed by atoms with E-state index in [4.69, 9.17) is 0 Å². The maximum Gasteiger partial charge on any atom is 0.211 e. The van der Waals surface area contributed by atoms with Crippen molar-refractivity contribution in [2.45, 2.75) is 129 Å². The van der Waals surface area contributed by atoms with Crippen LogP contribution in [0.25, 0.3) is 54.2 Å². The van der Waals surface area contributed by atoms with Gasteiger partial charge in [0.1, 0.15) is 0 Å². The molecule has 3 aliphatic carbocycles. The molecule has 1 aliphatic heterocycles. The summed E-state index contributed by atoms with van der Waals surface area (Å²) in [5.41, 5.74) is 25.1. The highest BCUT2D eigenvalue weighted by Crippen LogP contribution is 2.56. The van der Waals surface area contributed by atoms with Crippen molar-refractivity contribution < 1.29 is 0 Å². The van der Waals surface area contributed by atoms with Gasteiger partial charge in [-0.05, 0) is 185 Å². The minimum Gasteiger partial charge on any atom is -0.355 e. The van der Waals surface area contributed by atoms with Gasteiger partial charge in [0, 0.05) is 49.2 Å². The molecule has 1 N–H and O–H groups in total. The van der Waals surface area contributed by atoms with Crippen molar-refractivity contribution in [1.29, 1.82) is 0 Å². The average molecular weight is 954 g/mol. The summed E-state index contributed by atoms with van der Waals surface area (Å²) in [6, 6.07) is 55.9. The Labute approximate surface area is 432 Å². The summed E-state index contributed by atoms with van der Waals surface area (Å²) in [6.07, 6.45) is 4.73. The molecule has 0 amide bonds. The highest BCUT2D eigenvalue weighted by molar-refractivity contribution is 7.29. The predicted molar refractivity (Wildman–Crippen MR) is 313 cm³/mol. The monoisotopic (exact) mass is 954 g/mol. The maximum absolute atomic E-state index is 4.06. The van der Waals surface area contributed by atoms with Crippen molar-refractivity contribution in [3.05, 3.63) is 185 Å². The van der Waals surface area contributed by atoms with Crippen LogP contribution in [0.2, 0.25) is 0 Å². The zero-order valence-corrected chi connectivity index (χ0v) is 44.9. The molecule has 0 fully saturated rings. The van der Waals surface area contributed by atoms with Crippen molar-refractivity contribution >= 4 is 78.2 Å². The van der Waals surface area contributed by atoms with E-state index >= 15 is 0 Å². The van der Waals surface area contributed by atoms with Crippen LogP contribution in [-0.2, 0) is 27.1 Å². The first-order chi connectivity index (χ1) is 34.3. The summed E-state index contributed by atoms with van der Waals surface area (Å²) in [7, 11) is 2.58. The van der Waals surface area contributed by atoms with Gasteiger partial charge in [0.15, 0.2) is 0 Å². The van der Waals surface area contributed by atoms with E-state index in [-0.39, 0.29) is 27.1 Å². The average Bonchev–Trinajstić information content (AvgIpc) is 3.83. The molecule has 0 atom stereocenters. The van der Waals surface area contributed by atoms with Gasteiger partial charge >= 0.3 is 0 Å². The molecule has 0 unspecified atom stereocenters. The first-order valence-electron chi connectivity index (χ1n) is 26.5. The third-order valence-electron chi connectivity index (χ3n) is 18.1. The second-order valence-corrected chi connectivity index (χ2v) is 26.1. The van der Waals surface area contributed by atoms with Crippen molar-refractivity contribution in [3.8, 4) is 33.4 Å². The smallest absolute Gasteiger partial charge is 0.211 e. The number of rotatable bonds is 5. The third kappa shape index (κ3) is 6.80. The van der Waals surface area contributed by atoms with E-state index in [9.17, 15) is 0 Å². The van der Waals surface area contributed by atoms with Crippen LogP contribution in [-0.4, -0.2) is 7.28 Å². The molecule has 357 valence electrons. The lowest BCUT2D eigenvalue weighted by molar-refractivity contribution is 0.332. The van der Waals surface area contributed by atoms with E-state index in [0.29, 0.717) is 0 Å². The van der Waals surface area contributed by atoms with E-state index < -0.39 is 0 Å². The van der Waals surface area contributed by atoms with Crippen molar-refractivity contribution in [2.75, 3.05) is 10.2 Å². The van der Waals surface area contributed by atoms with Crippen LogP contribution in [0.3, 0.4) is 0 Å². The summed E-state index contributed by atoms with van der Waals surface area (Å²) >= 11 is 1.98. The van der Waals surface area contributed by atoms with Gasteiger partial charge < -0.3 is 10.2 Å². The molecule has 4 aliphatic rings. The Kier molecular flexibility index (Phi) is 9.85. The van der Waals surface area contributed by atoms with Crippen molar-refractivity contribution in [2.24, 2.45) is 0 Å². The normalized spacial score (nSPS) is 18.1. The molecular formula is C68H66BN2S. The molecule has 0 spiro atoms. The highest BCUT2D eigenvalue weighted by Gasteiger charge is 2.43. The van der Waals surface area contributed by atoms with E-state index in [1.54, 1.807) is 0 Å². The molecule has 0 saturated heterocycles.